The number of ether oxygens (including phenoxy) is 1. The SMILES string of the molecule is N#CC1(NC=O)CC1.O=C1NCCc2ccc(c(Cl)c2)OC/C=C/CNc2ccc(Br)cc21. The van der Waals surface area contributed by atoms with Gasteiger partial charge < -0.3 is 20.7 Å². The molecule has 0 aromatic heterocycles. The van der Waals surface area contributed by atoms with Crippen LogP contribution in [0.2, 0.25) is 5.02 Å². The molecule has 2 aromatic carbocycles. The Morgan fingerprint density at radius 1 is 1.18 bits per heavy atom. The fourth-order valence-corrected chi connectivity index (χ4v) is 3.69. The van der Waals surface area contributed by atoms with Crippen LogP contribution in [0.1, 0.15) is 28.8 Å². The number of halogens is 2. The van der Waals surface area contributed by atoms with E-state index in [1.54, 1.807) is 0 Å². The van der Waals surface area contributed by atoms with Gasteiger partial charge in [-0.2, -0.15) is 5.26 Å². The summed E-state index contributed by atoms with van der Waals surface area (Å²) in [4.78, 5) is 22.3. The average Bonchev–Trinajstić information content (AvgIpc) is 3.58. The molecule has 0 atom stereocenters. The van der Waals surface area contributed by atoms with Gasteiger partial charge in [-0.3, -0.25) is 9.59 Å². The largest absolute Gasteiger partial charge is 0.488 e. The summed E-state index contributed by atoms with van der Waals surface area (Å²) in [5.74, 6) is 0.556. The topological polar surface area (TPSA) is 103 Å². The van der Waals surface area contributed by atoms with Gasteiger partial charge in [0.25, 0.3) is 5.91 Å². The lowest BCUT2D eigenvalue weighted by Crippen LogP contribution is -2.27. The standard InChI is InChI=1S/C19H18BrClN2O2.C5H6N2O/c20-14-4-5-17-15(12-14)19(24)23-9-7-13-3-6-18(16(21)11-13)25-10-2-1-8-22-17;6-3-5(1-2-5)7-4-8/h1-6,11-12,22H,7-10H2,(H,23,24);4H,1-2H2,(H,7,8)/b2-1+;. The molecule has 2 aromatic rings. The molecule has 3 N–H and O–H groups in total. The highest BCUT2D eigenvalue weighted by molar-refractivity contribution is 9.10. The number of nitriles is 1. The maximum atomic E-state index is 12.5. The zero-order chi connectivity index (χ0) is 23.7. The van der Waals surface area contributed by atoms with Gasteiger partial charge >= 0.3 is 0 Å². The van der Waals surface area contributed by atoms with E-state index in [0.29, 0.717) is 48.9 Å². The fraction of sp³-hybridized carbons (Fsp3) is 0.292. The smallest absolute Gasteiger partial charge is 0.253 e. The molecule has 0 radical (unpaired) electrons. The second kappa shape index (κ2) is 11.7. The maximum absolute atomic E-state index is 12.5. The van der Waals surface area contributed by atoms with Gasteiger partial charge in [-0.25, -0.2) is 0 Å². The van der Waals surface area contributed by atoms with Gasteiger partial charge in [0.2, 0.25) is 6.41 Å². The molecular weight excluding hydrogens is 508 g/mol. The fourth-order valence-electron chi connectivity index (χ4n) is 3.08. The number of benzene rings is 2. The first-order chi connectivity index (χ1) is 16.0. The quantitative estimate of drug-likeness (QED) is 0.398. The lowest BCUT2D eigenvalue weighted by molar-refractivity contribution is -0.110. The van der Waals surface area contributed by atoms with Crippen molar-refractivity contribution in [1.29, 1.82) is 5.26 Å². The monoisotopic (exact) mass is 530 g/mol. The van der Waals surface area contributed by atoms with E-state index >= 15 is 0 Å². The Labute approximate surface area is 206 Å². The van der Waals surface area contributed by atoms with E-state index in [0.717, 1.165) is 28.6 Å². The summed E-state index contributed by atoms with van der Waals surface area (Å²) in [5.41, 5.74) is 1.99. The van der Waals surface area contributed by atoms with Crippen LogP contribution in [0, 0.1) is 11.3 Å². The molecular formula is C24H24BrClN4O3. The average molecular weight is 532 g/mol. The highest BCUT2D eigenvalue weighted by Crippen LogP contribution is 2.33. The molecule has 3 aliphatic rings. The van der Waals surface area contributed by atoms with E-state index in [1.165, 1.54) is 0 Å². The minimum absolute atomic E-state index is 0.106. The third kappa shape index (κ3) is 7.24. The van der Waals surface area contributed by atoms with Crippen molar-refractivity contribution in [3.63, 3.8) is 0 Å². The van der Waals surface area contributed by atoms with Gasteiger partial charge in [-0.15, -0.1) is 0 Å². The number of carbonyl (C=O) groups is 2. The summed E-state index contributed by atoms with van der Waals surface area (Å²) >= 11 is 9.68. The van der Waals surface area contributed by atoms with Gasteiger partial charge in [0, 0.05) is 23.2 Å². The van der Waals surface area contributed by atoms with Crippen LogP contribution in [0.25, 0.3) is 0 Å². The van der Waals surface area contributed by atoms with Crippen molar-refractivity contribution in [3.05, 3.63) is 69.2 Å². The number of carbonyl (C=O) groups excluding carboxylic acids is 2. The number of nitrogens with zero attached hydrogens (tertiary/aromatic N) is 1. The first-order valence-electron chi connectivity index (χ1n) is 10.5. The Kier molecular flexibility index (Phi) is 8.75. The zero-order valence-corrected chi connectivity index (χ0v) is 20.2. The third-order valence-corrected chi connectivity index (χ3v) is 5.92. The summed E-state index contributed by atoms with van der Waals surface area (Å²) in [6.45, 7) is 1.56. The summed E-state index contributed by atoms with van der Waals surface area (Å²) < 4.78 is 6.53. The number of hydrogen-bond donors (Lipinski definition) is 3. The molecule has 1 aliphatic carbocycles. The van der Waals surface area contributed by atoms with Gasteiger partial charge in [0.15, 0.2) is 0 Å². The van der Waals surface area contributed by atoms with Crippen molar-refractivity contribution in [2.45, 2.75) is 24.8 Å². The van der Waals surface area contributed by atoms with Crippen LogP contribution < -0.4 is 20.7 Å². The first-order valence-corrected chi connectivity index (χ1v) is 11.6. The Balaban J connectivity index is 0.000000323. The Bertz CT molecular complexity index is 1080. The molecule has 2 bridgehead atoms. The van der Waals surface area contributed by atoms with Crippen molar-refractivity contribution in [1.82, 2.24) is 10.6 Å². The van der Waals surface area contributed by atoms with Crippen LogP contribution in [-0.4, -0.2) is 37.6 Å². The number of nitrogens with one attached hydrogen (secondary N) is 3. The molecule has 9 heteroatoms. The van der Waals surface area contributed by atoms with E-state index in [-0.39, 0.29) is 5.91 Å². The van der Waals surface area contributed by atoms with Crippen LogP contribution in [-0.2, 0) is 11.2 Å². The molecule has 2 amide bonds. The predicted molar refractivity (Wildman–Crippen MR) is 132 cm³/mol. The van der Waals surface area contributed by atoms with Gasteiger partial charge in [-0.05, 0) is 61.2 Å². The summed E-state index contributed by atoms with van der Waals surface area (Å²) in [6, 6.07) is 13.3. The van der Waals surface area contributed by atoms with Crippen molar-refractivity contribution in [2.24, 2.45) is 0 Å². The van der Waals surface area contributed by atoms with E-state index in [4.69, 9.17) is 21.6 Å². The molecule has 1 saturated carbocycles. The summed E-state index contributed by atoms with van der Waals surface area (Å²) in [5, 5.41) is 17.6. The highest BCUT2D eigenvalue weighted by atomic mass is 79.9. The molecule has 33 heavy (non-hydrogen) atoms. The second-order valence-electron chi connectivity index (χ2n) is 7.58. The lowest BCUT2D eigenvalue weighted by atomic mass is 10.1. The molecule has 0 unspecified atom stereocenters. The minimum Gasteiger partial charge on any atom is -0.488 e. The van der Waals surface area contributed by atoms with Gasteiger partial charge in [0.1, 0.15) is 17.9 Å². The van der Waals surface area contributed by atoms with E-state index in [2.05, 4.69) is 31.9 Å². The Morgan fingerprint density at radius 2 is 2.00 bits per heavy atom. The Hall–Kier alpha value is -3.02. The number of anilines is 1. The van der Waals surface area contributed by atoms with Gasteiger partial charge in [-0.1, -0.05) is 39.7 Å². The highest BCUT2D eigenvalue weighted by Gasteiger charge is 2.42. The zero-order valence-electron chi connectivity index (χ0n) is 17.9. The normalized spacial score (nSPS) is 17.4. The van der Waals surface area contributed by atoms with Crippen molar-refractivity contribution >= 4 is 45.5 Å². The molecule has 7 nitrogen and oxygen atoms in total. The van der Waals surface area contributed by atoms with Crippen LogP contribution in [0.4, 0.5) is 5.69 Å². The predicted octanol–water partition coefficient (Wildman–Crippen LogP) is 4.22. The van der Waals surface area contributed by atoms with E-state index < -0.39 is 5.54 Å². The first kappa shape index (κ1) is 24.6. The van der Waals surface area contributed by atoms with E-state index in [9.17, 15) is 9.59 Å². The number of fused-ring (bicyclic) bond motifs is 9. The Morgan fingerprint density at radius 3 is 2.67 bits per heavy atom. The molecule has 5 rings (SSSR count). The molecule has 2 heterocycles. The molecule has 0 saturated heterocycles. The molecule has 1 fully saturated rings. The van der Waals surface area contributed by atoms with Crippen molar-refractivity contribution < 1.29 is 14.3 Å². The lowest BCUT2D eigenvalue weighted by Gasteiger charge is -2.13. The van der Waals surface area contributed by atoms with Crippen molar-refractivity contribution in [3.8, 4) is 11.8 Å². The summed E-state index contributed by atoms with van der Waals surface area (Å²) in [7, 11) is 0. The molecule has 172 valence electrons. The number of amides is 2. The van der Waals surface area contributed by atoms with E-state index in [1.807, 2.05) is 54.6 Å². The van der Waals surface area contributed by atoms with Crippen LogP contribution in [0.3, 0.4) is 0 Å². The van der Waals surface area contributed by atoms with Crippen LogP contribution in [0.5, 0.6) is 5.75 Å². The number of hydrogen-bond acceptors (Lipinski definition) is 5. The second-order valence-corrected chi connectivity index (χ2v) is 8.90. The van der Waals surface area contributed by atoms with Crippen LogP contribution in [0.15, 0.2) is 53.0 Å². The summed E-state index contributed by atoms with van der Waals surface area (Å²) in [6.07, 6.45) is 6.77. The van der Waals surface area contributed by atoms with Crippen molar-refractivity contribution in [2.75, 3.05) is 25.0 Å². The molecule has 0 spiro atoms. The van der Waals surface area contributed by atoms with Gasteiger partial charge in [0.05, 0.1) is 16.7 Å². The maximum Gasteiger partial charge on any atom is 0.253 e. The third-order valence-electron chi connectivity index (χ3n) is 5.13. The minimum atomic E-state index is -0.470. The number of rotatable bonds is 2. The molecule has 2 aliphatic heterocycles. The van der Waals surface area contributed by atoms with Crippen LogP contribution >= 0.6 is 27.5 Å².